The van der Waals surface area contributed by atoms with Gasteiger partial charge in [-0.25, -0.2) is 4.79 Å². The van der Waals surface area contributed by atoms with E-state index in [0.29, 0.717) is 38.9 Å². The van der Waals surface area contributed by atoms with Crippen molar-refractivity contribution in [2.45, 2.75) is 39.0 Å². The number of hydrogen-bond acceptors (Lipinski definition) is 3. The summed E-state index contributed by atoms with van der Waals surface area (Å²) in [5, 5.41) is 12.3. The molecule has 20 heavy (non-hydrogen) atoms. The minimum Gasteiger partial charge on any atom is -0.481 e. The fraction of sp³-hybridized carbons (Fsp3) is 0.857. The Morgan fingerprint density at radius 3 is 2.50 bits per heavy atom. The number of nitrogens with one attached hydrogen (secondary N) is 1. The Morgan fingerprint density at radius 1 is 1.35 bits per heavy atom. The largest absolute Gasteiger partial charge is 0.481 e. The van der Waals surface area contributed by atoms with E-state index in [9.17, 15) is 14.7 Å². The third kappa shape index (κ3) is 4.58. The van der Waals surface area contributed by atoms with Crippen molar-refractivity contribution < 1.29 is 14.7 Å². The highest BCUT2D eigenvalue weighted by molar-refractivity contribution is 7.98. The molecule has 2 N–H and O–H groups in total. The second-order valence-electron chi connectivity index (χ2n) is 5.40. The number of carboxylic acids is 1. The van der Waals surface area contributed by atoms with E-state index in [4.69, 9.17) is 0 Å². The topological polar surface area (TPSA) is 69.6 Å². The van der Waals surface area contributed by atoms with Crippen molar-refractivity contribution in [2.24, 2.45) is 5.41 Å². The lowest BCUT2D eigenvalue weighted by Gasteiger charge is -2.38. The van der Waals surface area contributed by atoms with Gasteiger partial charge in [-0.05, 0) is 37.7 Å². The standard InChI is InChI=1S/C14H26N2O3S/c1-3-5-14(12(17)18)6-9-16(10-7-14)13(19)15-8-4-11-20-2/h3-11H2,1-2H3,(H,15,19)(H,17,18). The maximum Gasteiger partial charge on any atom is 0.317 e. The monoisotopic (exact) mass is 302 g/mol. The van der Waals surface area contributed by atoms with Crippen molar-refractivity contribution in [1.29, 1.82) is 0 Å². The van der Waals surface area contributed by atoms with Gasteiger partial charge in [0, 0.05) is 19.6 Å². The maximum atomic E-state index is 12.0. The van der Waals surface area contributed by atoms with Crippen molar-refractivity contribution in [3.8, 4) is 0 Å². The molecule has 0 bridgehead atoms. The van der Waals surface area contributed by atoms with Gasteiger partial charge in [0.05, 0.1) is 5.41 Å². The average Bonchev–Trinajstić information content (AvgIpc) is 2.44. The van der Waals surface area contributed by atoms with E-state index in [1.165, 1.54) is 0 Å². The first-order valence-corrected chi connectivity index (χ1v) is 8.70. The van der Waals surface area contributed by atoms with Crippen LogP contribution in [0.15, 0.2) is 0 Å². The lowest BCUT2D eigenvalue weighted by atomic mass is 9.75. The van der Waals surface area contributed by atoms with Gasteiger partial charge in [-0.3, -0.25) is 4.79 Å². The number of urea groups is 1. The van der Waals surface area contributed by atoms with Gasteiger partial charge in [0.1, 0.15) is 0 Å². The van der Waals surface area contributed by atoms with Crippen LogP contribution in [0.4, 0.5) is 4.79 Å². The van der Waals surface area contributed by atoms with Crippen molar-refractivity contribution in [3.63, 3.8) is 0 Å². The fourth-order valence-electron chi connectivity index (χ4n) is 2.71. The number of carbonyl (C=O) groups is 2. The Bertz CT molecular complexity index is 328. The molecule has 1 saturated heterocycles. The molecule has 0 aromatic heterocycles. The maximum absolute atomic E-state index is 12.0. The number of hydrogen-bond donors (Lipinski definition) is 2. The van der Waals surface area contributed by atoms with Crippen molar-refractivity contribution in [3.05, 3.63) is 0 Å². The number of likely N-dealkylation sites (tertiary alicyclic amines) is 1. The van der Waals surface area contributed by atoms with Gasteiger partial charge in [0.2, 0.25) is 0 Å². The number of piperidine rings is 1. The molecule has 0 aromatic carbocycles. The van der Waals surface area contributed by atoms with E-state index in [1.54, 1.807) is 16.7 Å². The van der Waals surface area contributed by atoms with Crippen LogP contribution in [0.2, 0.25) is 0 Å². The predicted octanol–water partition coefficient (Wildman–Crippen LogP) is 2.42. The first-order chi connectivity index (χ1) is 9.55. The molecule has 0 atom stereocenters. The summed E-state index contributed by atoms with van der Waals surface area (Å²) in [7, 11) is 0. The van der Waals surface area contributed by atoms with Gasteiger partial charge in [0.25, 0.3) is 0 Å². The van der Waals surface area contributed by atoms with Crippen LogP contribution < -0.4 is 5.32 Å². The molecule has 1 rings (SSSR count). The van der Waals surface area contributed by atoms with Crippen LogP contribution in [0.3, 0.4) is 0 Å². The average molecular weight is 302 g/mol. The summed E-state index contributed by atoms with van der Waals surface area (Å²) in [5.74, 6) is 0.332. The molecular formula is C14H26N2O3S. The van der Waals surface area contributed by atoms with E-state index in [0.717, 1.165) is 18.6 Å². The molecule has 116 valence electrons. The van der Waals surface area contributed by atoms with Crippen molar-refractivity contribution >= 4 is 23.8 Å². The smallest absolute Gasteiger partial charge is 0.317 e. The van der Waals surface area contributed by atoms with E-state index < -0.39 is 11.4 Å². The summed E-state index contributed by atoms with van der Waals surface area (Å²) >= 11 is 1.77. The van der Waals surface area contributed by atoms with Crippen LogP contribution in [-0.2, 0) is 4.79 Å². The molecule has 2 amide bonds. The number of aliphatic carboxylic acids is 1. The molecule has 6 heteroatoms. The van der Waals surface area contributed by atoms with Crippen LogP contribution in [0.25, 0.3) is 0 Å². The van der Waals surface area contributed by atoms with Gasteiger partial charge in [0.15, 0.2) is 0 Å². The van der Waals surface area contributed by atoms with Gasteiger partial charge >= 0.3 is 12.0 Å². The highest BCUT2D eigenvalue weighted by atomic mass is 32.2. The summed E-state index contributed by atoms with van der Waals surface area (Å²) in [4.78, 5) is 25.2. The van der Waals surface area contributed by atoms with Crippen molar-refractivity contribution in [1.82, 2.24) is 10.2 Å². The first kappa shape index (κ1) is 17.1. The van der Waals surface area contributed by atoms with Gasteiger partial charge in [-0.1, -0.05) is 13.3 Å². The Hall–Kier alpha value is -0.910. The SMILES string of the molecule is CCCC1(C(=O)O)CCN(C(=O)NCCCSC)CC1. The second kappa shape index (κ2) is 8.39. The predicted molar refractivity (Wildman–Crippen MR) is 82.2 cm³/mol. The van der Waals surface area contributed by atoms with Crippen LogP contribution in [-0.4, -0.2) is 53.6 Å². The Labute approximate surface area is 125 Å². The number of carboxylic acid groups (broad SMARTS) is 1. The highest BCUT2D eigenvalue weighted by Gasteiger charge is 2.41. The molecule has 5 nitrogen and oxygen atoms in total. The molecule has 0 aromatic rings. The quantitative estimate of drug-likeness (QED) is 0.709. The van der Waals surface area contributed by atoms with Crippen LogP contribution in [0.5, 0.6) is 0 Å². The molecule has 0 unspecified atom stereocenters. The van der Waals surface area contributed by atoms with E-state index in [-0.39, 0.29) is 6.03 Å². The highest BCUT2D eigenvalue weighted by Crippen LogP contribution is 2.36. The molecular weight excluding hydrogens is 276 g/mol. The molecule has 1 aliphatic rings. The molecule has 0 spiro atoms. The molecule has 1 fully saturated rings. The van der Waals surface area contributed by atoms with E-state index in [2.05, 4.69) is 5.32 Å². The van der Waals surface area contributed by atoms with Crippen molar-refractivity contribution in [2.75, 3.05) is 31.6 Å². The van der Waals surface area contributed by atoms with Crippen LogP contribution >= 0.6 is 11.8 Å². The normalized spacial score (nSPS) is 17.8. The zero-order valence-electron chi connectivity index (χ0n) is 12.5. The lowest BCUT2D eigenvalue weighted by Crippen LogP contribution is -2.49. The lowest BCUT2D eigenvalue weighted by molar-refractivity contribution is -0.152. The number of amides is 2. The number of thioether (sulfide) groups is 1. The Kier molecular flexibility index (Phi) is 7.19. The summed E-state index contributed by atoms with van der Waals surface area (Å²) in [5.41, 5.74) is -0.621. The number of rotatable bonds is 7. The minimum absolute atomic E-state index is 0.0541. The molecule has 1 aliphatic heterocycles. The number of nitrogens with zero attached hydrogens (tertiary/aromatic N) is 1. The summed E-state index contributed by atoms with van der Waals surface area (Å²) < 4.78 is 0. The second-order valence-corrected chi connectivity index (χ2v) is 6.39. The fourth-order valence-corrected chi connectivity index (χ4v) is 3.14. The summed E-state index contributed by atoms with van der Waals surface area (Å²) in [6.07, 6.45) is 5.71. The first-order valence-electron chi connectivity index (χ1n) is 7.31. The van der Waals surface area contributed by atoms with Gasteiger partial charge in [-0.2, -0.15) is 11.8 Å². The third-order valence-electron chi connectivity index (χ3n) is 3.99. The number of carbonyl (C=O) groups excluding carboxylic acids is 1. The summed E-state index contributed by atoms with van der Waals surface area (Å²) in [6, 6.07) is -0.0541. The van der Waals surface area contributed by atoms with E-state index in [1.807, 2.05) is 13.2 Å². The van der Waals surface area contributed by atoms with Gasteiger partial charge < -0.3 is 15.3 Å². The third-order valence-corrected chi connectivity index (χ3v) is 4.69. The summed E-state index contributed by atoms with van der Waals surface area (Å²) in [6.45, 7) is 3.78. The molecule has 1 heterocycles. The Morgan fingerprint density at radius 2 is 2.00 bits per heavy atom. The van der Waals surface area contributed by atoms with Gasteiger partial charge in [-0.15, -0.1) is 0 Å². The van der Waals surface area contributed by atoms with Crippen LogP contribution in [0.1, 0.15) is 39.0 Å². The zero-order valence-corrected chi connectivity index (χ0v) is 13.3. The molecule has 0 aliphatic carbocycles. The molecule has 0 radical (unpaired) electrons. The Balaban J connectivity index is 2.40. The van der Waals surface area contributed by atoms with Crippen LogP contribution in [0, 0.1) is 5.41 Å². The molecule has 0 saturated carbocycles. The minimum atomic E-state index is -0.709. The van der Waals surface area contributed by atoms with E-state index >= 15 is 0 Å². The zero-order chi connectivity index (χ0) is 15.0.